The van der Waals surface area contributed by atoms with Gasteiger partial charge in [-0.3, -0.25) is 14.0 Å². The molecule has 4 aromatic heterocycles. The van der Waals surface area contributed by atoms with Crippen molar-refractivity contribution in [1.29, 1.82) is 0 Å². The Hall–Kier alpha value is -4.06. The standard InChI is InChI=1S/C35H41F2N7O3/c1-17(39-32(45)30-34(3,4)35(30,36)37)24-10-8-20-12-26(42(31(20)40-24)16-19-6-7-19)29-18(2)43-27(41-29)13-21(14-28(43)47-5)33(46)44-22-9-11-25(44)23(38)15-22/h8,10,12-14,17,19,22-23,25,30H,6-7,9,11,15-16,38H2,1-5H3,(H,39,45)/t17-,22+,23-,25-,30?/m1/s1. The van der Waals surface area contributed by atoms with Crippen LogP contribution >= 0.6 is 0 Å². The molecule has 248 valence electrons. The SMILES string of the molecule is COc1cc(C(=O)N2[C@H]3CC[C@@H]2[C@H](N)C3)cc2nc(-c3cc4ccc([C@@H](C)NC(=O)C5C(C)(C)C5(F)F)nc4n3CC3CC3)c(C)n12. The largest absolute Gasteiger partial charge is 0.482 e. The van der Waals surface area contributed by atoms with Crippen LogP contribution in [0.5, 0.6) is 5.88 Å². The summed E-state index contributed by atoms with van der Waals surface area (Å²) in [6, 6.07) is 9.20. The van der Waals surface area contributed by atoms with Crippen LogP contribution in [-0.4, -0.2) is 66.8 Å². The van der Waals surface area contributed by atoms with Crippen molar-refractivity contribution in [1.82, 2.24) is 29.2 Å². The van der Waals surface area contributed by atoms with Crippen molar-refractivity contribution in [3.8, 4) is 17.3 Å². The van der Waals surface area contributed by atoms with Crippen LogP contribution in [0.1, 0.15) is 80.7 Å². The minimum Gasteiger partial charge on any atom is -0.482 e. The van der Waals surface area contributed by atoms with Crippen molar-refractivity contribution in [3.05, 3.63) is 47.3 Å². The van der Waals surface area contributed by atoms with Gasteiger partial charge in [-0.15, -0.1) is 0 Å². The molecule has 0 spiro atoms. The molecule has 2 aliphatic carbocycles. The van der Waals surface area contributed by atoms with Gasteiger partial charge in [0.05, 0.1) is 30.2 Å². The maximum absolute atomic E-state index is 14.2. The van der Waals surface area contributed by atoms with Crippen molar-refractivity contribution < 1.29 is 23.1 Å². The van der Waals surface area contributed by atoms with Gasteiger partial charge in [-0.2, -0.15) is 0 Å². The van der Waals surface area contributed by atoms with Crippen LogP contribution in [0.2, 0.25) is 0 Å². The van der Waals surface area contributed by atoms with Crippen LogP contribution in [0.15, 0.2) is 30.3 Å². The van der Waals surface area contributed by atoms with E-state index in [1.807, 2.05) is 34.4 Å². The second kappa shape index (κ2) is 10.2. The van der Waals surface area contributed by atoms with Crippen molar-refractivity contribution in [3.63, 3.8) is 0 Å². The number of aromatic nitrogens is 4. The number of rotatable bonds is 8. The molecule has 10 nitrogen and oxygen atoms in total. The molecule has 4 aromatic rings. The van der Waals surface area contributed by atoms with Gasteiger partial charge in [-0.25, -0.2) is 18.7 Å². The Morgan fingerprint density at radius 1 is 1.13 bits per heavy atom. The topological polar surface area (TPSA) is 120 Å². The number of hydrogen-bond acceptors (Lipinski definition) is 6. The van der Waals surface area contributed by atoms with E-state index in [4.69, 9.17) is 20.4 Å². The summed E-state index contributed by atoms with van der Waals surface area (Å²) in [5.41, 5.74) is 10.0. The van der Waals surface area contributed by atoms with Gasteiger partial charge in [-0.1, -0.05) is 13.8 Å². The molecule has 47 heavy (non-hydrogen) atoms. The van der Waals surface area contributed by atoms with Crippen LogP contribution in [-0.2, 0) is 11.3 Å². The Kier molecular flexibility index (Phi) is 6.58. The number of nitrogens with zero attached hydrogens (tertiary/aromatic N) is 5. The molecule has 2 aliphatic heterocycles. The van der Waals surface area contributed by atoms with Crippen molar-refractivity contribution in [2.24, 2.45) is 23.0 Å². The number of methoxy groups -OCH3 is 1. The number of carbonyl (C=O) groups excluding carboxylic acids is 2. The van der Waals surface area contributed by atoms with E-state index >= 15 is 0 Å². The number of pyridine rings is 2. The number of ether oxygens (including phenoxy) is 1. The number of nitrogens with one attached hydrogen (secondary N) is 1. The van der Waals surface area contributed by atoms with Crippen LogP contribution in [0.3, 0.4) is 0 Å². The summed E-state index contributed by atoms with van der Waals surface area (Å²) in [7, 11) is 1.60. The smallest absolute Gasteiger partial charge is 0.266 e. The van der Waals surface area contributed by atoms with E-state index < -0.39 is 29.2 Å². The minimum absolute atomic E-state index is 0.0143. The zero-order valence-electron chi connectivity index (χ0n) is 27.4. The molecule has 6 heterocycles. The first-order valence-electron chi connectivity index (χ1n) is 16.7. The quantitative estimate of drug-likeness (QED) is 0.270. The minimum atomic E-state index is -3.02. The molecule has 5 atom stereocenters. The average Bonchev–Trinajstić information content (AvgIpc) is 3.59. The third-order valence-corrected chi connectivity index (χ3v) is 11.3. The number of fused-ring (bicyclic) bond motifs is 4. The highest BCUT2D eigenvalue weighted by Crippen LogP contribution is 2.65. The molecule has 1 unspecified atom stereocenters. The highest BCUT2D eigenvalue weighted by atomic mass is 19.3. The van der Waals surface area contributed by atoms with Gasteiger partial charge in [0.25, 0.3) is 11.8 Å². The van der Waals surface area contributed by atoms with Crippen LogP contribution in [0.4, 0.5) is 8.78 Å². The van der Waals surface area contributed by atoms with E-state index in [2.05, 4.69) is 16.0 Å². The van der Waals surface area contributed by atoms with Crippen molar-refractivity contribution >= 4 is 28.5 Å². The number of halogens is 2. The number of carbonyl (C=O) groups is 2. The van der Waals surface area contributed by atoms with E-state index in [-0.39, 0.29) is 24.0 Å². The lowest BCUT2D eigenvalue weighted by Crippen LogP contribution is -2.40. The summed E-state index contributed by atoms with van der Waals surface area (Å²) in [6.07, 6.45) is 5.01. The average molecular weight is 646 g/mol. The fourth-order valence-electron chi connectivity index (χ4n) is 8.14. The molecule has 2 saturated heterocycles. The van der Waals surface area contributed by atoms with Gasteiger partial charge >= 0.3 is 0 Å². The molecule has 2 saturated carbocycles. The second-order valence-corrected chi connectivity index (χ2v) is 14.7. The summed E-state index contributed by atoms with van der Waals surface area (Å²) in [5.74, 6) is -4.02. The second-order valence-electron chi connectivity index (χ2n) is 14.7. The number of amides is 2. The summed E-state index contributed by atoms with van der Waals surface area (Å²) >= 11 is 0. The Morgan fingerprint density at radius 2 is 1.87 bits per heavy atom. The number of imidazole rings is 1. The van der Waals surface area contributed by atoms with Gasteiger partial charge in [0.2, 0.25) is 5.91 Å². The lowest BCUT2D eigenvalue weighted by atomic mass is 9.97. The third-order valence-electron chi connectivity index (χ3n) is 11.3. The lowest BCUT2D eigenvalue weighted by Gasteiger charge is -2.23. The van der Waals surface area contributed by atoms with Gasteiger partial charge < -0.3 is 25.3 Å². The molecule has 2 bridgehead atoms. The lowest BCUT2D eigenvalue weighted by molar-refractivity contribution is -0.125. The van der Waals surface area contributed by atoms with Crippen LogP contribution in [0, 0.1) is 24.2 Å². The summed E-state index contributed by atoms with van der Waals surface area (Å²) in [6.45, 7) is 7.35. The zero-order valence-corrected chi connectivity index (χ0v) is 27.4. The predicted octanol–water partition coefficient (Wildman–Crippen LogP) is 5.25. The maximum Gasteiger partial charge on any atom is 0.266 e. The van der Waals surface area contributed by atoms with Crippen molar-refractivity contribution in [2.75, 3.05) is 7.11 Å². The Morgan fingerprint density at radius 3 is 2.49 bits per heavy atom. The predicted molar refractivity (Wildman–Crippen MR) is 172 cm³/mol. The number of alkyl halides is 2. The Balaban J connectivity index is 1.16. The van der Waals surface area contributed by atoms with Gasteiger partial charge in [0.1, 0.15) is 22.9 Å². The highest BCUT2D eigenvalue weighted by Gasteiger charge is 2.78. The first kappa shape index (κ1) is 30.3. The fraction of sp³-hybridized carbons (Fsp3) is 0.543. The van der Waals surface area contributed by atoms with E-state index in [0.717, 1.165) is 66.8 Å². The Labute approximate surface area is 271 Å². The van der Waals surface area contributed by atoms with Gasteiger partial charge in [0, 0.05) is 47.1 Å². The summed E-state index contributed by atoms with van der Waals surface area (Å²) in [4.78, 5) is 38.6. The van der Waals surface area contributed by atoms with E-state index in [1.54, 1.807) is 20.1 Å². The normalized spacial score (nSPS) is 26.3. The van der Waals surface area contributed by atoms with Crippen LogP contribution < -0.4 is 15.8 Å². The number of nitrogens with two attached hydrogens (primary N) is 1. The molecule has 8 rings (SSSR count). The monoisotopic (exact) mass is 645 g/mol. The molecule has 0 radical (unpaired) electrons. The third kappa shape index (κ3) is 4.50. The van der Waals surface area contributed by atoms with Crippen molar-refractivity contribution in [2.45, 2.75) is 96.4 Å². The summed E-state index contributed by atoms with van der Waals surface area (Å²) in [5, 5.41) is 3.69. The first-order valence-corrected chi connectivity index (χ1v) is 16.7. The molecular formula is C35H41F2N7O3. The van der Waals surface area contributed by atoms with Crippen LogP contribution in [0.25, 0.3) is 28.1 Å². The number of hydrogen-bond donors (Lipinski definition) is 2. The molecule has 12 heteroatoms. The number of aryl methyl sites for hydroxylation is 1. The Bertz CT molecular complexity index is 1950. The van der Waals surface area contributed by atoms with E-state index in [1.165, 1.54) is 13.8 Å². The van der Waals surface area contributed by atoms with E-state index in [0.29, 0.717) is 28.7 Å². The summed E-state index contributed by atoms with van der Waals surface area (Å²) < 4.78 is 38.4. The maximum atomic E-state index is 14.2. The molecule has 4 aliphatic rings. The molecule has 3 N–H and O–H groups in total. The zero-order chi connectivity index (χ0) is 33.2. The molecule has 4 fully saturated rings. The molecule has 2 amide bonds. The molecular weight excluding hydrogens is 604 g/mol. The van der Waals surface area contributed by atoms with Gasteiger partial charge in [-0.05, 0) is 76.1 Å². The molecule has 0 aromatic carbocycles. The van der Waals surface area contributed by atoms with E-state index in [9.17, 15) is 18.4 Å². The first-order chi connectivity index (χ1) is 22.3. The fourth-order valence-corrected chi connectivity index (χ4v) is 8.14. The van der Waals surface area contributed by atoms with Gasteiger partial charge in [0.15, 0.2) is 5.88 Å². The highest BCUT2D eigenvalue weighted by molar-refractivity contribution is 5.97.